The van der Waals surface area contributed by atoms with E-state index in [1.807, 2.05) is 37.3 Å². The van der Waals surface area contributed by atoms with E-state index in [0.29, 0.717) is 18.8 Å². The molecule has 2 amide bonds. The molecule has 0 bridgehead atoms. The molecule has 34 heavy (non-hydrogen) atoms. The molecule has 0 radical (unpaired) electrons. The van der Waals surface area contributed by atoms with E-state index in [2.05, 4.69) is 12.2 Å². The predicted molar refractivity (Wildman–Crippen MR) is 121 cm³/mol. The van der Waals surface area contributed by atoms with Crippen molar-refractivity contribution in [3.05, 3.63) is 71.3 Å². The Balaban J connectivity index is 1.64. The standard InChI is InChI=1S/C26H29F3N2O3/c1-17-11-13-25(14-12-17)31(24(33)20-9-6-10-21(15-20)26(27,28)29)22(16-34-25)23(32)30-18(2)19-7-4-3-5-8-19/h3-10,15,17-18,22H,11-14,16H2,1-2H3,(H,30,32)/t17?,18-,22+,25?/m1/s1. The summed E-state index contributed by atoms with van der Waals surface area (Å²) in [5.41, 5.74) is -1.09. The second-order valence-corrected chi connectivity index (χ2v) is 9.35. The van der Waals surface area contributed by atoms with Crippen molar-refractivity contribution in [1.82, 2.24) is 10.2 Å². The van der Waals surface area contributed by atoms with Crippen molar-refractivity contribution in [2.45, 2.75) is 63.5 Å². The van der Waals surface area contributed by atoms with E-state index in [4.69, 9.17) is 4.74 Å². The summed E-state index contributed by atoms with van der Waals surface area (Å²) in [4.78, 5) is 28.4. The van der Waals surface area contributed by atoms with Crippen LogP contribution < -0.4 is 5.32 Å². The van der Waals surface area contributed by atoms with Crippen LogP contribution >= 0.6 is 0 Å². The lowest BCUT2D eigenvalue weighted by atomic mass is 9.83. The Kier molecular flexibility index (Phi) is 6.71. The van der Waals surface area contributed by atoms with Gasteiger partial charge in [-0.05, 0) is 62.3 Å². The number of hydrogen-bond donors (Lipinski definition) is 1. The third-order valence-corrected chi connectivity index (χ3v) is 6.93. The molecule has 1 aliphatic carbocycles. The molecule has 1 heterocycles. The fraction of sp³-hybridized carbons (Fsp3) is 0.462. The highest BCUT2D eigenvalue weighted by atomic mass is 19.4. The molecule has 182 valence electrons. The topological polar surface area (TPSA) is 58.6 Å². The van der Waals surface area contributed by atoms with Gasteiger partial charge in [0.2, 0.25) is 5.91 Å². The fourth-order valence-corrected chi connectivity index (χ4v) is 4.88. The molecule has 2 atom stereocenters. The number of amides is 2. The van der Waals surface area contributed by atoms with Gasteiger partial charge in [0.05, 0.1) is 18.2 Å². The van der Waals surface area contributed by atoms with Gasteiger partial charge < -0.3 is 10.1 Å². The molecule has 1 saturated heterocycles. The Bertz CT molecular complexity index is 1030. The summed E-state index contributed by atoms with van der Waals surface area (Å²) in [6.07, 6.45) is -1.88. The number of alkyl halides is 3. The van der Waals surface area contributed by atoms with E-state index in [-0.39, 0.29) is 24.1 Å². The summed E-state index contributed by atoms with van der Waals surface area (Å²) in [5.74, 6) is -0.552. The summed E-state index contributed by atoms with van der Waals surface area (Å²) in [6, 6.07) is 12.5. The lowest BCUT2D eigenvalue weighted by molar-refractivity contribution is -0.137. The zero-order chi connectivity index (χ0) is 24.5. The van der Waals surface area contributed by atoms with E-state index >= 15 is 0 Å². The van der Waals surface area contributed by atoms with Crippen LogP contribution in [0.2, 0.25) is 0 Å². The average molecular weight is 475 g/mol. The Hall–Kier alpha value is -2.87. The Morgan fingerprint density at radius 1 is 1.09 bits per heavy atom. The SMILES string of the molecule is CC1CCC2(CC1)OC[C@@H](C(=O)N[C@H](C)c1ccccc1)N2C(=O)c1cccc(C(F)(F)F)c1. The summed E-state index contributed by atoms with van der Waals surface area (Å²) in [5, 5.41) is 2.95. The van der Waals surface area contributed by atoms with Crippen LogP contribution in [0, 0.1) is 5.92 Å². The molecule has 1 saturated carbocycles. The highest BCUT2D eigenvalue weighted by Gasteiger charge is 2.53. The van der Waals surface area contributed by atoms with Crippen molar-refractivity contribution < 1.29 is 27.5 Å². The molecular formula is C26H29F3N2O3. The van der Waals surface area contributed by atoms with Crippen molar-refractivity contribution >= 4 is 11.8 Å². The molecule has 0 aromatic heterocycles. The Morgan fingerprint density at radius 2 is 1.76 bits per heavy atom. The molecule has 0 unspecified atom stereocenters. The average Bonchev–Trinajstić information content (AvgIpc) is 3.19. The maximum absolute atomic E-state index is 13.7. The number of ether oxygens (including phenoxy) is 1. The molecule has 4 rings (SSSR count). The van der Waals surface area contributed by atoms with Gasteiger partial charge in [-0.15, -0.1) is 0 Å². The number of carbonyl (C=O) groups excluding carboxylic acids is 2. The van der Waals surface area contributed by atoms with Crippen LogP contribution in [0.5, 0.6) is 0 Å². The van der Waals surface area contributed by atoms with Gasteiger partial charge >= 0.3 is 6.18 Å². The van der Waals surface area contributed by atoms with Crippen LogP contribution in [-0.2, 0) is 15.7 Å². The van der Waals surface area contributed by atoms with Crippen LogP contribution in [0.25, 0.3) is 0 Å². The van der Waals surface area contributed by atoms with Crippen LogP contribution in [0.3, 0.4) is 0 Å². The van der Waals surface area contributed by atoms with Crippen molar-refractivity contribution in [2.24, 2.45) is 5.92 Å². The maximum atomic E-state index is 13.7. The number of halogens is 3. The first kappa shape index (κ1) is 24.3. The fourth-order valence-electron chi connectivity index (χ4n) is 4.88. The normalized spacial score (nSPS) is 25.9. The van der Waals surface area contributed by atoms with Gasteiger partial charge in [0, 0.05) is 5.56 Å². The number of nitrogens with one attached hydrogen (secondary N) is 1. The van der Waals surface area contributed by atoms with Crippen molar-refractivity contribution in [2.75, 3.05) is 6.61 Å². The maximum Gasteiger partial charge on any atom is 0.416 e. The number of carbonyl (C=O) groups is 2. The van der Waals surface area contributed by atoms with E-state index < -0.39 is 29.4 Å². The minimum Gasteiger partial charge on any atom is -0.353 e. The number of rotatable bonds is 4. The lowest BCUT2D eigenvalue weighted by Gasteiger charge is -2.43. The molecule has 8 heteroatoms. The third-order valence-electron chi connectivity index (χ3n) is 6.93. The predicted octanol–water partition coefficient (Wildman–Crippen LogP) is 5.33. The number of benzene rings is 2. The second kappa shape index (κ2) is 9.41. The van der Waals surface area contributed by atoms with Crippen LogP contribution in [0.15, 0.2) is 54.6 Å². The van der Waals surface area contributed by atoms with E-state index in [1.54, 1.807) is 0 Å². The summed E-state index contributed by atoms with van der Waals surface area (Å²) < 4.78 is 46.0. The van der Waals surface area contributed by atoms with Crippen LogP contribution in [0.1, 0.15) is 67.1 Å². The summed E-state index contributed by atoms with van der Waals surface area (Å²) >= 11 is 0. The van der Waals surface area contributed by atoms with Gasteiger partial charge in [-0.25, -0.2) is 0 Å². The molecule has 5 nitrogen and oxygen atoms in total. The van der Waals surface area contributed by atoms with Gasteiger partial charge in [0.25, 0.3) is 5.91 Å². The van der Waals surface area contributed by atoms with E-state index in [0.717, 1.165) is 30.5 Å². The quantitative estimate of drug-likeness (QED) is 0.652. The van der Waals surface area contributed by atoms with Crippen molar-refractivity contribution in [1.29, 1.82) is 0 Å². The van der Waals surface area contributed by atoms with E-state index in [9.17, 15) is 22.8 Å². The molecular weight excluding hydrogens is 445 g/mol. The summed E-state index contributed by atoms with van der Waals surface area (Å²) in [6.45, 7) is 3.97. The highest BCUT2D eigenvalue weighted by Crippen LogP contribution is 2.43. The van der Waals surface area contributed by atoms with Crippen LogP contribution in [0.4, 0.5) is 13.2 Å². The monoisotopic (exact) mass is 474 g/mol. The minimum absolute atomic E-state index is 0.00637. The van der Waals surface area contributed by atoms with Gasteiger partial charge in [0.1, 0.15) is 11.8 Å². The third kappa shape index (κ3) is 4.82. The first-order valence-corrected chi connectivity index (χ1v) is 11.6. The van der Waals surface area contributed by atoms with Gasteiger partial charge in [-0.1, -0.05) is 43.3 Å². The molecule has 2 aromatic carbocycles. The molecule has 2 fully saturated rings. The van der Waals surface area contributed by atoms with Gasteiger partial charge in [0.15, 0.2) is 0 Å². The molecule has 2 aliphatic rings. The first-order chi connectivity index (χ1) is 16.1. The molecule has 1 N–H and O–H groups in total. The molecule has 2 aromatic rings. The van der Waals surface area contributed by atoms with Gasteiger partial charge in [-0.3, -0.25) is 14.5 Å². The van der Waals surface area contributed by atoms with Gasteiger partial charge in [-0.2, -0.15) is 13.2 Å². The Morgan fingerprint density at radius 3 is 2.41 bits per heavy atom. The minimum atomic E-state index is -4.57. The summed E-state index contributed by atoms with van der Waals surface area (Å²) in [7, 11) is 0. The molecule has 1 aliphatic heterocycles. The Labute approximate surface area is 197 Å². The first-order valence-electron chi connectivity index (χ1n) is 11.6. The number of hydrogen-bond acceptors (Lipinski definition) is 3. The van der Waals surface area contributed by atoms with Crippen molar-refractivity contribution in [3.8, 4) is 0 Å². The van der Waals surface area contributed by atoms with Crippen LogP contribution in [-0.4, -0.2) is 35.1 Å². The zero-order valence-electron chi connectivity index (χ0n) is 19.3. The smallest absolute Gasteiger partial charge is 0.353 e. The molecule has 1 spiro atoms. The zero-order valence-corrected chi connectivity index (χ0v) is 19.3. The van der Waals surface area contributed by atoms with Crippen molar-refractivity contribution in [3.63, 3.8) is 0 Å². The van der Waals surface area contributed by atoms with E-state index in [1.165, 1.54) is 17.0 Å². The second-order valence-electron chi connectivity index (χ2n) is 9.35. The number of nitrogens with zero attached hydrogens (tertiary/aromatic N) is 1. The highest BCUT2D eigenvalue weighted by molar-refractivity contribution is 5.98. The lowest BCUT2D eigenvalue weighted by Crippen LogP contribution is -2.57. The largest absolute Gasteiger partial charge is 0.416 e.